The Bertz CT molecular complexity index is 1480. The maximum absolute atomic E-state index is 12.9. The molecule has 0 unspecified atom stereocenters. The highest BCUT2D eigenvalue weighted by molar-refractivity contribution is 8.17. The van der Waals surface area contributed by atoms with Crippen molar-refractivity contribution in [2.75, 3.05) is 6.61 Å². The standard InChI is InChI=1S/C29H24ClN3O3S/c1-3-35-25-15-19(14-23(30)26(25)36-16-21-12-8-7-9-18(21)2)13-22-27(31)33-24(20-10-5-4-6-11-20)17-37-29(33)32-28(22)34/h4-15,17,31H,3,16H2,1-2H3. The van der Waals surface area contributed by atoms with Crippen molar-refractivity contribution >= 4 is 52.0 Å². The Morgan fingerprint density at radius 3 is 2.59 bits per heavy atom. The van der Waals surface area contributed by atoms with E-state index in [1.807, 2.05) is 73.9 Å². The van der Waals surface area contributed by atoms with E-state index < -0.39 is 5.91 Å². The van der Waals surface area contributed by atoms with Gasteiger partial charge < -0.3 is 9.47 Å². The highest BCUT2D eigenvalue weighted by Crippen LogP contribution is 2.40. The second-order valence-electron chi connectivity index (χ2n) is 8.41. The first-order chi connectivity index (χ1) is 18.0. The molecule has 1 amide bonds. The summed E-state index contributed by atoms with van der Waals surface area (Å²) in [5, 5.41) is 11.6. The lowest BCUT2D eigenvalue weighted by atomic mass is 10.1. The van der Waals surface area contributed by atoms with Gasteiger partial charge >= 0.3 is 0 Å². The third kappa shape index (κ3) is 5.05. The molecule has 3 aromatic carbocycles. The number of carbonyl (C=O) groups is 1. The third-order valence-corrected chi connectivity index (χ3v) is 7.07. The van der Waals surface area contributed by atoms with Gasteiger partial charge in [0, 0.05) is 5.41 Å². The molecule has 5 rings (SSSR count). The third-order valence-electron chi connectivity index (χ3n) is 5.96. The maximum Gasteiger partial charge on any atom is 0.283 e. The van der Waals surface area contributed by atoms with E-state index in [2.05, 4.69) is 4.99 Å². The molecule has 1 N–H and O–H groups in total. The summed E-state index contributed by atoms with van der Waals surface area (Å²) in [6, 6.07) is 21.2. The van der Waals surface area contributed by atoms with Gasteiger partial charge in [0.15, 0.2) is 16.7 Å². The number of benzene rings is 3. The summed E-state index contributed by atoms with van der Waals surface area (Å²) < 4.78 is 11.9. The summed E-state index contributed by atoms with van der Waals surface area (Å²) in [4.78, 5) is 18.8. The quantitative estimate of drug-likeness (QED) is 0.336. The normalized spacial score (nSPS) is 16.0. The fourth-order valence-corrected chi connectivity index (χ4v) is 5.24. The van der Waals surface area contributed by atoms with Gasteiger partial charge in [-0.15, -0.1) is 0 Å². The SMILES string of the molecule is CCOc1cc(C=C2C(=N)N3C(c4ccccc4)=CSC3=NC2=O)cc(Cl)c1OCc1ccccc1C. The average molecular weight is 530 g/mol. The van der Waals surface area contributed by atoms with Gasteiger partial charge in [-0.25, -0.2) is 0 Å². The van der Waals surface area contributed by atoms with Gasteiger partial charge in [0.2, 0.25) is 0 Å². The summed E-state index contributed by atoms with van der Waals surface area (Å²) in [5.41, 5.74) is 4.70. The number of aryl methyl sites for hydroxylation is 1. The van der Waals surface area contributed by atoms with Crippen LogP contribution in [0.4, 0.5) is 0 Å². The van der Waals surface area contributed by atoms with Gasteiger partial charge in [0.05, 0.1) is 22.9 Å². The van der Waals surface area contributed by atoms with Gasteiger partial charge in [-0.2, -0.15) is 4.99 Å². The summed E-state index contributed by atoms with van der Waals surface area (Å²) >= 11 is 7.97. The van der Waals surface area contributed by atoms with Crippen LogP contribution in [0, 0.1) is 12.3 Å². The first-order valence-electron chi connectivity index (χ1n) is 11.8. The van der Waals surface area contributed by atoms with Gasteiger partial charge in [-0.3, -0.25) is 15.1 Å². The van der Waals surface area contributed by atoms with Crippen LogP contribution in [0.3, 0.4) is 0 Å². The number of hydrogen-bond donors (Lipinski definition) is 1. The summed E-state index contributed by atoms with van der Waals surface area (Å²) in [6.07, 6.45) is 1.62. The van der Waals surface area contributed by atoms with Crippen LogP contribution in [0.25, 0.3) is 11.8 Å². The molecule has 6 nitrogen and oxygen atoms in total. The summed E-state index contributed by atoms with van der Waals surface area (Å²) in [5.74, 6) is 0.491. The van der Waals surface area contributed by atoms with Crippen molar-refractivity contribution in [1.29, 1.82) is 5.41 Å². The number of thioether (sulfide) groups is 1. The molecule has 0 saturated heterocycles. The molecule has 2 aliphatic heterocycles. The Hall–Kier alpha value is -3.81. The second-order valence-corrected chi connectivity index (χ2v) is 9.65. The van der Waals surface area contributed by atoms with Gasteiger partial charge in [0.1, 0.15) is 12.4 Å². The van der Waals surface area contributed by atoms with Crippen molar-refractivity contribution in [1.82, 2.24) is 4.90 Å². The molecule has 0 saturated carbocycles. The molecule has 0 fully saturated rings. The van der Waals surface area contributed by atoms with E-state index in [1.165, 1.54) is 11.8 Å². The largest absolute Gasteiger partial charge is 0.490 e. The Balaban J connectivity index is 1.46. The minimum atomic E-state index is -0.472. The topological polar surface area (TPSA) is 75.0 Å². The monoisotopic (exact) mass is 529 g/mol. The highest BCUT2D eigenvalue weighted by Gasteiger charge is 2.36. The van der Waals surface area contributed by atoms with Crippen LogP contribution in [0.15, 0.2) is 82.7 Å². The molecule has 0 aromatic heterocycles. The number of fused-ring (bicyclic) bond motifs is 1. The zero-order valence-corrected chi connectivity index (χ0v) is 21.9. The number of amidine groups is 2. The van der Waals surface area contributed by atoms with E-state index >= 15 is 0 Å². The number of amides is 1. The average Bonchev–Trinajstić information content (AvgIpc) is 3.31. The van der Waals surface area contributed by atoms with E-state index in [9.17, 15) is 4.79 Å². The number of halogens is 1. The molecule has 186 valence electrons. The Labute approximate surface area is 224 Å². The number of carbonyl (C=O) groups excluding carboxylic acids is 1. The lowest BCUT2D eigenvalue weighted by molar-refractivity contribution is -0.114. The summed E-state index contributed by atoms with van der Waals surface area (Å²) in [6.45, 7) is 4.66. The van der Waals surface area contributed by atoms with Gasteiger partial charge in [0.25, 0.3) is 5.91 Å². The smallest absolute Gasteiger partial charge is 0.283 e. The predicted octanol–water partition coefficient (Wildman–Crippen LogP) is 6.93. The van der Waals surface area contributed by atoms with Crippen LogP contribution < -0.4 is 9.47 Å². The first-order valence-corrected chi connectivity index (χ1v) is 13.0. The van der Waals surface area contributed by atoms with Crippen molar-refractivity contribution in [2.24, 2.45) is 4.99 Å². The number of nitrogens with one attached hydrogen (secondary N) is 1. The summed E-state index contributed by atoms with van der Waals surface area (Å²) in [7, 11) is 0. The number of aliphatic imine (C=N–C) groups is 1. The van der Waals surface area contributed by atoms with Crippen molar-refractivity contribution < 1.29 is 14.3 Å². The predicted molar refractivity (Wildman–Crippen MR) is 150 cm³/mol. The van der Waals surface area contributed by atoms with Gasteiger partial charge in [-0.05, 0) is 54.3 Å². The van der Waals surface area contributed by atoms with Crippen LogP contribution in [0.2, 0.25) is 5.02 Å². The number of rotatable bonds is 7. The maximum atomic E-state index is 12.9. The van der Waals surface area contributed by atoms with Crippen molar-refractivity contribution in [3.05, 3.63) is 105 Å². The Kier molecular flexibility index (Phi) is 7.17. The molecule has 0 radical (unpaired) electrons. The van der Waals surface area contributed by atoms with Crippen molar-refractivity contribution in [2.45, 2.75) is 20.5 Å². The molecule has 0 bridgehead atoms. The number of hydrogen-bond acceptors (Lipinski definition) is 5. The molecule has 0 atom stereocenters. The van der Waals surface area contributed by atoms with E-state index in [4.69, 9.17) is 26.5 Å². The molecular formula is C29H24ClN3O3S. The molecule has 2 aliphatic rings. The van der Waals surface area contributed by atoms with E-state index in [0.29, 0.717) is 40.5 Å². The fraction of sp³-hybridized carbons (Fsp3) is 0.138. The Morgan fingerprint density at radius 2 is 1.84 bits per heavy atom. The number of nitrogens with zero attached hydrogens (tertiary/aromatic N) is 2. The molecule has 37 heavy (non-hydrogen) atoms. The molecule has 0 spiro atoms. The van der Waals surface area contributed by atoms with Crippen LogP contribution in [0.1, 0.15) is 29.2 Å². The second kappa shape index (κ2) is 10.7. The minimum absolute atomic E-state index is 0.0593. The van der Waals surface area contributed by atoms with E-state index in [0.717, 1.165) is 22.4 Å². The van der Waals surface area contributed by atoms with Gasteiger partial charge in [-0.1, -0.05) is 78.0 Å². The molecule has 2 heterocycles. The first kappa shape index (κ1) is 24.9. The fourth-order valence-electron chi connectivity index (χ4n) is 4.08. The van der Waals surface area contributed by atoms with Crippen LogP contribution in [-0.4, -0.2) is 28.4 Å². The highest BCUT2D eigenvalue weighted by atomic mass is 35.5. The van der Waals surface area contributed by atoms with Crippen LogP contribution in [0.5, 0.6) is 11.5 Å². The molecule has 3 aromatic rings. The van der Waals surface area contributed by atoms with E-state index in [-0.39, 0.29) is 11.4 Å². The minimum Gasteiger partial charge on any atom is -0.490 e. The van der Waals surface area contributed by atoms with E-state index in [1.54, 1.807) is 23.1 Å². The molecule has 8 heteroatoms. The van der Waals surface area contributed by atoms with Crippen molar-refractivity contribution in [3.63, 3.8) is 0 Å². The van der Waals surface area contributed by atoms with Crippen molar-refractivity contribution in [3.8, 4) is 11.5 Å². The zero-order valence-electron chi connectivity index (χ0n) is 20.3. The van der Waals surface area contributed by atoms with Crippen LogP contribution in [-0.2, 0) is 11.4 Å². The molecular weight excluding hydrogens is 506 g/mol. The zero-order chi connectivity index (χ0) is 25.9. The number of ether oxygens (including phenoxy) is 2. The lowest BCUT2D eigenvalue weighted by Crippen LogP contribution is -2.38. The lowest BCUT2D eigenvalue weighted by Gasteiger charge is -2.27. The Morgan fingerprint density at radius 1 is 1.08 bits per heavy atom. The molecule has 0 aliphatic carbocycles. The van der Waals surface area contributed by atoms with Crippen LogP contribution >= 0.6 is 23.4 Å².